The van der Waals surface area contributed by atoms with Gasteiger partial charge in [0, 0.05) is 10.9 Å². The van der Waals surface area contributed by atoms with Crippen molar-refractivity contribution in [2.45, 2.75) is 26.7 Å². The zero-order chi connectivity index (χ0) is 12.1. The van der Waals surface area contributed by atoms with E-state index in [4.69, 9.17) is 11.6 Å². The van der Waals surface area contributed by atoms with Gasteiger partial charge < -0.3 is 5.32 Å². The third-order valence-corrected chi connectivity index (χ3v) is 2.59. The number of carbonyl (C=O) groups is 1. The van der Waals surface area contributed by atoms with Crippen molar-refractivity contribution in [1.29, 1.82) is 0 Å². The van der Waals surface area contributed by atoms with Gasteiger partial charge in [-0.2, -0.15) is 0 Å². The number of anilines is 1. The van der Waals surface area contributed by atoms with Crippen LogP contribution in [0.5, 0.6) is 0 Å². The molecule has 0 fully saturated rings. The van der Waals surface area contributed by atoms with Gasteiger partial charge in [-0.3, -0.25) is 4.79 Å². The first kappa shape index (κ1) is 13.0. The Morgan fingerprint density at radius 1 is 1.56 bits per heavy atom. The van der Waals surface area contributed by atoms with Crippen molar-refractivity contribution in [3.05, 3.63) is 29.0 Å². The molecule has 0 saturated heterocycles. The Morgan fingerprint density at radius 3 is 2.88 bits per heavy atom. The lowest BCUT2D eigenvalue weighted by Gasteiger charge is -2.11. The molecule has 2 nitrogen and oxygen atoms in total. The highest BCUT2D eigenvalue weighted by Gasteiger charge is 2.13. The number of nitrogens with one attached hydrogen (secondary N) is 1. The van der Waals surface area contributed by atoms with Gasteiger partial charge in [0.25, 0.3) is 0 Å². The van der Waals surface area contributed by atoms with Crippen molar-refractivity contribution < 1.29 is 9.18 Å². The van der Waals surface area contributed by atoms with Crippen molar-refractivity contribution >= 4 is 23.2 Å². The Hall–Kier alpha value is -1.09. The summed E-state index contributed by atoms with van der Waals surface area (Å²) in [4.78, 5) is 11.6. The Kier molecular flexibility index (Phi) is 4.74. The molecule has 0 aliphatic carbocycles. The van der Waals surface area contributed by atoms with Crippen LogP contribution in [0, 0.1) is 11.7 Å². The Labute approximate surface area is 99.8 Å². The summed E-state index contributed by atoms with van der Waals surface area (Å²) in [5.74, 6) is -0.771. The molecular weight excluding hydrogens is 229 g/mol. The molecule has 1 N–H and O–H groups in total. The van der Waals surface area contributed by atoms with Crippen LogP contribution in [-0.2, 0) is 4.79 Å². The highest BCUT2D eigenvalue weighted by atomic mass is 35.5. The maximum atomic E-state index is 13.3. The normalized spacial score (nSPS) is 12.2. The molecule has 1 rings (SSSR count). The summed E-state index contributed by atoms with van der Waals surface area (Å²) in [7, 11) is 0. The molecule has 0 aliphatic rings. The first-order chi connectivity index (χ1) is 7.54. The standard InChI is InChI=1S/C12H15ClFNO/c1-3-4-8(2)12(16)15-11-7-9(13)5-6-10(11)14/h5-8H,3-4H2,1-2H3,(H,15,16). The Balaban J connectivity index is 2.72. The molecule has 0 spiro atoms. The van der Waals surface area contributed by atoms with Crippen molar-refractivity contribution in [1.82, 2.24) is 0 Å². The summed E-state index contributed by atoms with van der Waals surface area (Å²) >= 11 is 5.72. The summed E-state index contributed by atoms with van der Waals surface area (Å²) in [6.45, 7) is 3.82. The summed E-state index contributed by atoms with van der Waals surface area (Å²) in [5, 5.41) is 2.94. The van der Waals surface area contributed by atoms with Gasteiger partial charge in [0.1, 0.15) is 5.82 Å². The summed E-state index contributed by atoms with van der Waals surface area (Å²) < 4.78 is 13.3. The van der Waals surface area contributed by atoms with Gasteiger partial charge in [-0.1, -0.05) is 31.9 Å². The number of halogens is 2. The zero-order valence-corrected chi connectivity index (χ0v) is 10.1. The molecule has 1 aromatic rings. The second-order valence-corrected chi connectivity index (χ2v) is 4.24. The molecule has 4 heteroatoms. The SMILES string of the molecule is CCCC(C)C(=O)Nc1cc(Cl)ccc1F. The van der Waals surface area contributed by atoms with E-state index in [1.165, 1.54) is 18.2 Å². The number of hydrogen-bond acceptors (Lipinski definition) is 1. The number of carbonyl (C=O) groups excluding carboxylic acids is 1. The average molecular weight is 244 g/mol. The van der Waals surface area contributed by atoms with E-state index in [0.717, 1.165) is 12.8 Å². The van der Waals surface area contributed by atoms with Crippen LogP contribution in [0.2, 0.25) is 5.02 Å². The molecule has 0 aliphatic heterocycles. The van der Waals surface area contributed by atoms with Gasteiger partial charge >= 0.3 is 0 Å². The van der Waals surface area contributed by atoms with Gasteiger partial charge in [-0.15, -0.1) is 0 Å². The molecule has 0 bridgehead atoms. The largest absolute Gasteiger partial charge is 0.323 e. The van der Waals surface area contributed by atoms with Crippen molar-refractivity contribution in [2.75, 3.05) is 5.32 Å². The monoisotopic (exact) mass is 243 g/mol. The van der Waals surface area contributed by atoms with E-state index >= 15 is 0 Å². The molecule has 1 atom stereocenters. The first-order valence-corrected chi connectivity index (χ1v) is 5.68. The molecule has 0 saturated carbocycles. The molecule has 88 valence electrons. The fraction of sp³-hybridized carbons (Fsp3) is 0.417. The van der Waals surface area contributed by atoms with Crippen LogP contribution in [0.1, 0.15) is 26.7 Å². The lowest BCUT2D eigenvalue weighted by Crippen LogP contribution is -2.20. The predicted octanol–water partition coefficient (Wildman–Crippen LogP) is 3.85. The zero-order valence-electron chi connectivity index (χ0n) is 9.39. The van der Waals surface area contributed by atoms with Crippen LogP contribution >= 0.6 is 11.6 Å². The van der Waals surface area contributed by atoms with Crippen molar-refractivity contribution in [3.8, 4) is 0 Å². The van der Waals surface area contributed by atoms with E-state index in [2.05, 4.69) is 5.32 Å². The molecular formula is C12H15ClFNO. The molecule has 1 amide bonds. The topological polar surface area (TPSA) is 29.1 Å². The van der Waals surface area contributed by atoms with E-state index < -0.39 is 5.82 Å². The maximum Gasteiger partial charge on any atom is 0.227 e. The molecule has 1 aromatic carbocycles. The second kappa shape index (κ2) is 5.85. The van der Waals surface area contributed by atoms with E-state index in [-0.39, 0.29) is 17.5 Å². The molecule has 0 heterocycles. The number of benzene rings is 1. The second-order valence-electron chi connectivity index (χ2n) is 3.80. The lowest BCUT2D eigenvalue weighted by atomic mass is 10.1. The maximum absolute atomic E-state index is 13.3. The van der Waals surface area contributed by atoms with Crippen LogP contribution in [0.25, 0.3) is 0 Å². The third-order valence-electron chi connectivity index (χ3n) is 2.36. The van der Waals surface area contributed by atoms with Crippen LogP contribution in [0.3, 0.4) is 0 Å². The van der Waals surface area contributed by atoms with Crippen molar-refractivity contribution in [2.24, 2.45) is 5.92 Å². The van der Waals surface area contributed by atoms with Gasteiger partial charge in [-0.25, -0.2) is 4.39 Å². The third kappa shape index (κ3) is 3.49. The molecule has 16 heavy (non-hydrogen) atoms. The van der Waals surface area contributed by atoms with E-state index in [1.807, 2.05) is 13.8 Å². The number of amides is 1. The minimum Gasteiger partial charge on any atom is -0.323 e. The highest BCUT2D eigenvalue weighted by molar-refractivity contribution is 6.30. The smallest absolute Gasteiger partial charge is 0.227 e. The van der Waals surface area contributed by atoms with Crippen molar-refractivity contribution in [3.63, 3.8) is 0 Å². The number of hydrogen-bond donors (Lipinski definition) is 1. The molecule has 0 aromatic heterocycles. The van der Waals surface area contributed by atoms with Gasteiger partial charge in [0.15, 0.2) is 0 Å². The fourth-order valence-corrected chi connectivity index (χ4v) is 1.59. The highest BCUT2D eigenvalue weighted by Crippen LogP contribution is 2.20. The molecule has 1 unspecified atom stereocenters. The lowest BCUT2D eigenvalue weighted by molar-refractivity contribution is -0.119. The van der Waals surface area contributed by atoms with Gasteiger partial charge in [0.2, 0.25) is 5.91 Å². The average Bonchev–Trinajstić information content (AvgIpc) is 2.23. The summed E-state index contributed by atoms with van der Waals surface area (Å²) in [6.07, 6.45) is 1.71. The van der Waals surface area contributed by atoms with E-state index in [9.17, 15) is 9.18 Å². The summed E-state index contributed by atoms with van der Waals surface area (Å²) in [6, 6.07) is 4.10. The van der Waals surface area contributed by atoms with Gasteiger partial charge in [-0.05, 0) is 24.6 Å². The quantitative estimate of drug-likeness (QED) is 0.855. The Bertz CT molecular complexity index is 381. The van der Waals surface area contributed by atoms with E-state index in [0.29, 0.717) is 5.02 Å². The predicted molar refractivity (Wildman–Crippen MR) is 64.1 cm³/mol. The van der Waals surface area contributed by atoms with Crippen LogP contribution in [0.4, 0.5) is 10.1 Å². The Morgan fingerprint density at radius 2 is 2.25 bits per heavy atom. The summed E-state index contributed by atoms with van der Waals surface area (Å²) in [5.41, 5.74) is 0.139. The van der Waals surface area contributed by atoms with Gasteiger partial charge in [0.05, 0.1) is 5.69 Å². The van der Waals surface area contributed by atoms with Crippen LogP contribution in [-0.4, -0.2) is 5.91 Å². The van der Waals surface area contributed by atoms with Crippen LogP contribution < -0.4 is 5.32 Å². The molecule has 0 radical (unpaired) electrons. The minimum atomic E-state index is -0.471. The minimum absolute atomic E-state index is 0.122. The number of rotatable bonds is 4. The fourth-order valence-electron chi connectivity index (χ4n) is 1.41. The van der Waals surface area contributed by atoms with E-state index in [1.54, 1.807) is 0 Å². The first-order valence-electron chi connectivity index (χ1n) is 5.30. The van der Waals surface area contributed by atoms with Crippen LogP contribution in [0.15, 0.2) is 18.2 Å².